The van der Waals surface area contributed by atoms with Gasteiger partial charge in [-0.1, -0.05) is 6.92 Å². The zero-order valence-electron chi connectivity index (χ0n) is 13.9. The second kappa shape index (κ2) is 6.94. The monoisotopic (exact) mass is 306 g/mol. The Balaban J connectivity index is 1.84. The molecule has 122 valence electrons. The molecule has 0 radical (unpaired) electrons. The molecule has 1 aliphatic rings. The summed E-state index contributed by atoms with van der Waals surface area (Å²) in [7, 11) is 0. The molecule has 1 aromatic heterocycles. The maximum Gasteiger partial charge on any atom is 0.407 e. The average molecular weight is 306 g/mol. The quantitative estimate of drug-likeness (QED) is 0.929. The molecule has 6 nitrogen and oxygen atoms in total. The fraction of sp³-hybridized carbons (Fsp3) is 0.688. The topological polar surface area (TPSA) is 67.4 Å². The number of ether oxygens (including phenoxy) is 1. The van der Waals surface area contributed by atoms with Crippen LogP contribution < -0.4 is 10.2 Å². The van der Waals surface area contributed by atoms with Crippen LogP contribution in [0.2, 0.25) is 0 Å². The molecule has 0 spiro atoms. The third-order valence-corrected chi connectivity index (χ3v) is 3.61. The molecule has 1 amide bonds. The van der Waals surface area contributed by atoms with E-state index in [-0.39, 0.29) is 12.1 Å². The average Bonchev–Trinajstić information content (AvgIpc) is 2.46. The molecule has 6 heteroatoms. The van der Waals surface area contributed by atoms with Crippen LogP contribution in [0, 0.1) is 0 Å². The molecular formula is C16H26N4O2. The van der Waals surface area contributed by atoms with Crippen molar-refractivity contribution in [3.05, 3.63) is 18.1 Å². The Hall–Kier alpha value is -1.85. The Labute approximate surface area is 132 Å². The first-order valence-corrected chi connectivity index (χ1v) is 7.93. The van der Waals surface area contributed by atoms with Crippen molar-refractivity contribution in [3.8, 4) is 0 Å². The number of carbonyl (C=O) groups is 1. The summed E-state index contributed by atoms with van der Waals surface area (Å²) in [6, 6.07) is 2.21. The third kappa shape index (κ3) is 4.86. The highest BCUT2D eigenvalue weighted by Crippen LogP contribution is 2.18. The minimum absolute atomic E-state index is 0.165. The molecule has 2 rings (SSSR count). The van der Waals surface area contributed by atoms with E-state index < -0.39 is 5.60 Å². The zero-order chi connectivity index (χ0) is 16.2. The molecule has 1 N–H and O–H groups in total. The largest absolute Gasteiger partial charge is 0.444 e. The van der Waals surface area contributed by atoms with Gasteiger partial charge in [-0.25, -0.2) is 14.8 Å². The van der Waals surface area contributed by atoms with Crippen LogP contribution in [0.1, 0.15) is 46.2 Å². The summed E-state index contributed by atoms with van der Waals surface area (Å²) in [5.74, 6) is 0.975. The molecule has 1 aromatic rings. The first-order chi connectivity index (χ1) is 10.4. The van der Waals surface area contributed by atoms with Gasteiger partial charge in [-0.3, -0.25) is 0 Å². The van der Waals surface area contributed by atoms with Crippen molar-refractivity contribution in [1.29, 1.82) is 0 Å². The summed E-state index contributed by atoms with van der Waals surface area (Å²) < 4.78 is 5.30. The van der Waals surface area contributed by atoms with Crippen molar-refractivity contribution < 1.29 is 9.53 Å². The van der Waals surface area contributed by atoms with Crippen LogP contribution in [-0.4, -0.2) is 40.8 Å². The highest BCUT2D eigenvalue weighted by Gasteiger charge is 2.24. The van der Waals surface area contributed by atoms with Crippen LogP contribution in [0.5, 0.6) is 0 Å². The van der Waals surface area contributed by atoms with E-state index in [2.05, 4.69) is 27.1 Å². The van der Waals surface area contributed by atoms with Gasteiger partial charge >= 0.3 is 6.09 Å². The molecule has 0 atom stereocenters. The van der Waals surface area contributed by atoms with Gasteiger partial charge in [-0.2, -0.15) is 0 Å². The van der Waals surface area contributed by atoms with E-state index in [0.717, 1.165) is 43.9 Å². The van der Waals surface area contributed by atoms with Crippen molar-refractivity contribution in [2.45, 2.75) is 58.6 Å². The summed E-state index contributed by atoms with van der Waals surface area (Å²) in [4.78, 5) is 22.6. The lowest BCUT2D eigenvalue weighted by atomic mass is 10.1. The minimum atomic E-state index is -0.456. The maximum absolute atomic E-state index is 11.8. The lowest BCUT2D eigenvalue weighted by Crippen LogP contribution is -2.46. The van der Waals surface area contributed by atoms with Crippen molar-refractivity contribution >= 4 is 11.9 Å². The number of hydrogen-bond acceptors (Lipinski definition) is 5. The van der Waals surface area contributed by atoms with Crippen LogP contribution in [0.15, 0.2) is 12.4 Å². The molecule has 22 heavy (non-hydrogen) atoms. The predicted molar refractivity (Wildman–Crippen MR) is 86.0 cm³/mol. The molecule has 0 bridgehead atoms. The highest BCUT2D eigenvalue weighted by atomic mass is 16.6. The second-order valence-corrected chi connectivity index (χ2v) is 6.63. The number of anilines is 1. The van der Waals surface area contributed by atoms with Crippen molar-refractivity contribution in [1.82, 2.24) is 15.3 Å². The van der Waals surface area contributed by atoms with Crippen molar-refractivity contribution in [3.63, 3.8) is 0 Å². The molecule has 0 aromatic carbocycles. The zero-order valence-corrected chi connectivity index (χ0v) is 13.9. The van der Waals surface area contributed by atoms with Gasteiger partial charge in [0.2, 0.25) is 0 Å². The lowest BCUT2D eigenvalue weighted by molar-refractivity contribution is 0.0497. The standard InChI is InChI=1S/C16H26N4O2/c1-5-12-10-14(18-11-17-12)20-8-6-13(7-9-20)19-15(21)22-16(2,3)4/h10-11,13H,5-9H2,1-4H3,(H,19,21). The molecule has 1 saturated heterocycles. The van der Waals surface area contributed by atoms with E-state index in [0.29, 0.717) is 0 Å². The summed E-state index contributed by atoms with van der Waals surface area (Å²) in [5.41, 5.74) is 0.599. The Kier molecular flexibility index (Phi) is 5.21. The van der Waals surface area contributed by atoms with Gasteiger partial charge in [0, 0.05) is 30.9 Å². The lowest BCUT2D eigenvalue weighted by Gasteiger charge is -2.33. The minimum Gasteiger partial charge on any atom is -0.444 e. The number of carbonyl (C=O) groups excluding carboxylic acids is 1. The number of piperidine rings is 1. The summed E-state index contributed by atoms with van der Waals surface area (Å²) in [6.45, 7) is 9.45. The van der Waals surface area contributed by atoms with Crippen LogP contribution in [0.3, 0.4) is 0 Å². The normalized spacial score (nSPS) is 16.5. The predicted octanol–water partition coefficient (Wildman–Crippen LogP) is 2.53. The van der Waals surface area contributed by atoms with Gasteiger partial charge < -0.3 is 15.0 Å². The van der Waals surface area contributed by atoms with Crippen LogP contribution in [0.4, 0.5) is 10.6 Å². The summed E-state index contributed by atoms with van der Waals surface area (Å²) >= 11 is 0. The Morgan fingerprint density at radius 1 is 1.36 bits per heavy atom. The van der Waals surface area contributed by atoms with Crippen LogP contribution in [0.25, 0.3) is 0 Å². The van der Waals surface area contributed by atoms with E-state index in [9.17, 15) is 4.79 Å². The number of aromatic nitrogens is 2. The fourth-order valence-corrected chi connectivity index (χ4v) is 2.48. The van der Waals surface area contributed by atoms with Gasteiger partial charge in [-0.15, -0.1) is 0 Å². The molecule has 2 heterocycles. The maximum atomic E-state index is 11.8. The second-order valence-electron chi connectivity index (χ2n) is 6.63. The molecule has 0 aliphatic carbocycles. The van der Waals surface area contributed by atoms with E-state index in [1.54, 1.807) is 6.33 Å². The summed E-state index contributed by atoms with van der Waals surface area (Å²) in [6.07, 6.45) is 3.99. The molecule has 1 fully saturated rings. The number of rotatable bonds is 3. The molecule has 1 aliphatic heterocycles. The third-order valence-electron chi connectivity index (χ3n) is 3.61. The first kappa shape index (κ1) is 16.5. The Morgan fingerprint density at radius 2 is 2.05 bits per heavy atom. The van der Waals surface area contributed by atoms with Gasteiger partial charge in [-0.05, 0) is 40.0 Å². The first-order valence-electron chi connectivity index (χ1n) is 7.93. The summed E-state index contributed by atoms with van der Waals surface area (Å²) in [5, 5.41) is 2.95. The number of aryl methyl sites for hydroxylation is 1. The van der Waals surface area contributed by atoms with Gasteiger partial charge in [0.15, 0.2) is 0 Å². The number of hydrogen-bond donors (Lipinski definition) is 1. The Morgan fingerprint density at radius 3 is 2.64 bits per heavy atom. The highest BCUT2D eigenvalue weighted by molar-refractivity contribution is 5.68. The molecular weight excluding hydrogens is 280 g/mol. The van der Waals surface area contributed by atoms with E-state index in [1.807, 2.05) is 26.8 Å². The van der Waals surface area contributed by atoms with E-state index in [1.165, 1.54) is 0 Å². The Bertz CT molecular complexity index is 505. The molecule has 0 unspecified atom stereocenters. The van der Waals surface area contributed by atoms with E-state index in [4.69, 9.17) is 4.74 Å². The van der Waals surface area contributed by atoms with E-state index >= 15 is 0 Å². The van der Waals surface area contributed by atoms with Crippen molar-refractivity contribution in [2.24, 2.45) is 0 Å². The smallest absolute Gasteiger partial charge is 0.407 e. The van der Waals surface area contributed by atoms with Gasteiger partial charge in [0.1, 0.15) is 17.7 Å². The fourth-order valence-electron chi connectivity index (χ4n) is 2.48. The number of amides is 1. The number of nitrogens with one attached hydrogen (secondary N) is 1. The van der Waals surface area contributed by atoms with Crippen LogP contribution in [-0.2, 0) is 11.2 Å². The van der Waals surface area contributed by atoms with Crippen molar-refractivity contribution in [2.75, 3.05) is 18.0 Å². The molecule has 0 saturated carbocycles. The van der Waals surface area contributed by atoms with Gasteiger partial charge in [0.05, 0.1) is 0 Å². The van der Waals surface area contributed by atoms with Gasteiger partial charge in [0.25, 0.3) is 0 Å². The van der Waals surface area contributed by atoms with Crippen LogP contribution >= 0.6 is 0 Å². The number of nitrogens with zero attached hydrogens (tertiary/aromatic N) is 3. The SMILES string of the molecule is CCc1cc(N2CCC(NC(=O)OC(C)(C)C)CC2)ncn1. The number of alkyl carbamates (subject to hydrolysis) is 1.